The van der Waals surface area contributed by atoms with E-state index in [-0.39, 0.29) is 6.54 Å². The minimum Gasteiger partial charge on any atom is -0.425 e. The highest BCUT2D eigenvalue weighted by Gasteiger charge is 2.08. The van der Waals surface area contributed by atoms with Gasteiger partial charge in [0.05, 0.1) is 0 Å². The summed E-state index contributed by atoms with van der Waals surface area (Å²) in [6.45, 7) is 2.25. The maximum absolute atomic E-state index is 11.7. The second-order valence-corrected chi connectivity index (χ2v) is 5.00. The van der Waals surface area contributed by atoms with E-state index in [1.54, 1.807) is 6.07 Å². The number of aryl methyl sites for hydroxylation is 1. The molecule has 5 nitrogen and oxygen atoms in total. The fourth-order valence-electron chi connectivity index (χ4n) is 1.99. The van der Waals surface area contributed by atoms with Crippen molar-refractivity contribution in [1.82, 2.24) is 10.6 Å². The highest BCUT2D eigenvalue weighted by molar-refractivity contribution is 5.81. The Balaban J connectivity index is 1.72. The van der Waals surface area contributed by atoms with E-state index in [0.29, 0.717) is 12.3 Å². The van der Waals surface area contributed by atoms with E-state index in [2.05, 4.69) is 10.6 Å². The van der Waals surface area contributed by atoms with E-state index in [1.165, 1.54) is 0 Å². The van der Waals surface area contributed by atoms with Crippen LogP contribution in [0, 0.1) is 0 Å². The maximum atomic E-state index is 11.7. The molecule has 0 saturated carbocycles. The van der Waals surface area contributed by atoms with Crippen molar-refractivity contribution >= 4 is 12.0 Å². The Labute approximate surface area is 135 Å². The molecule has 0 aliphatic rings. The Morgan fingerprint density at radius 3 is 2.43 bits per heavy atom. The number of hydrogen-bond donors (Lipinski definition) is 2. The van der Waals surface area contributed by atoms with Gasteiger partial charge in [-0.1, -0.05) is 49.4 Å². The fourth-order valence-corrected chi connectivity index (χ4v) is 1.99. The zero-order valence-electron chi connectivity index (χ0n) is 13.0. The summed E-state index contributed by atoms with van der Waals surface area (Å²) in [5.41, 5.74) is 2.07. The molecule has 0 radical (unpaired) electrons. The molecule has 0 fully saturated rings. The van der Waals surface area contributed by atoms with Crippen LogP contribution in [-0.4, -0.2) is 18.5 Å². The third-order valence-electron chi connectivity index (χ3n) is 3.23. The quantitative estimate of drug-likeness (QED) is 0.636. The van der Waals surface area contributed by atoms with Gasteiger partial charge < -0.3 is 15.4 Å². The first-order valence-corrected chi connectivity index (χ1v) is 7.52. The molecule has 2 N–H and O–H groups in total. The van der Waals surface area contributed by atoms with Crippen LogP contribution < -0.4 is 15.4 Å². The predicted octanol–water partition coefficient (Wildman–Crippen LogP) is 2.65. The van der Waals surface area contributed by atoms with Crippen LogP contribution in [0.3, 0.4) is 0 Å². The standard InChI is InChI=1S/C18H20N2O3/c1-2-14-9-6-10-16(11-14)23-17(21)13-20-18(22)19-12-15-7-4-3-5-8-15/h3-11H,2,12-13H2,1H3,(H2,19,20,22). The second kappa shape index (κ2) is 8.58. The zero-order chi connectivity index (χ0) is 16.5. The third kappa shape index (κ3) is 5.82. The van der Waals surface area contributed by atoms with Gasteiger partial charge in [0, 0.05) is 6.54 Å². The molecule has 0 aliphatic heterocycles. The lowest BCUT2D eigenvalue weighted by atomic mass is 10.2. The number of nitrogens with one attached hydrogen (secondary N) is 2. The summed E-state index contributed by atoms with van der Waals surface area (Å²) in [5, 5.41) is 5.16. The summed E-state index contributed by atoms with van der Waals surface area (Å²) in [5.74, 6) is -0.0195. The summed E-state index contributed by atoms with van der Waals surface area (Å²) in [6, 6.07) is 16.5. The molecule has 120 valence electrons. The molecule has 0 saturated heterocycles. The molecule has 0 atom stereocenters. The molecule has 0 aliphatic carbocycles. The Kier molecular flexibility index (Phi) is 6.17. The van der Waals surface area contributed by atoms with E-state index >= 15 is 0 Å². The van der Waals surface area contributed by atoms with Crippen LogP contribution in [0.25, 0.3) is 0 Å². The fraction of sp³-hybridized carbons (Fsp3) is 0.222. The van der Waals surface area contributed by atoms with Crippen LogP contribution in [0.15, 0.2) is 54.6 Å². The summed E-state index contributed by atoms with van der Waals surface area (Å²) in [6.07, 6.45) is 0.867. The molecule has 0 aromatic heterocycles. The summed E-state index contributed by atoms with van der Waals surface area (Å²) < 4.78 is 5.19. The number of carbonyl (C=O) groups is 2. The second-order valence-electron chi connectivity index (χ2n) is 5.00. The van der Waals surface area contributed by atoms with Crippen LogP contribution in [0.2, 0.25) is 0 Å². The van der Waals surface area contributed by atoms with E-state index in [1.807, 2.05) is 55.5 Å². The molecule has 23 heavy (non-hydrogen) atoms. The van der Waals surface area contributed by atoms with Crippen molar-refractivity contribution < 1.29 is 14.3 Å². The summed E-state index contributed by atoms with van der Waals surface area (Å²) in [7, 11) is 0. The van der Waals surface area contributed by atoms with Crippen molar-refractivity contribution in [2.45, 2.75) is 19.9 Å². The van der Waals surface area contributed by atoms with Crippen molar-refractivity contribution in [3.63, 3.8) is 0 Å². The molecule has 2 aromatic rings. The number of hydrogen-bond acceptors (Lipinski definition) is 3. The molecule has 0 spiro atoms. The number of ether oxygens (including phenoxy) is 1. The van der Waals surface area contributed by atoms with Gasteiger partial charge in [0.2, 0.25) is 0 Å². The van der Waals surface area contributed by atoms with E-state index < -0.39 is 12.0 Å². The average Bonchev–Trinajstić information content (AvgIpc) is 2.59. The lowest BCUT2D eigenvalue weighted by molar-refractivity contribution is -0.133. The first kappa shape index (κ1) is 16.5. The molecule has 2 amide bonds. The van der Waals surface area contributed by atoms with Crippen molar-refractivity contribution in [1.29, 1.82) is 0 Å². The van der Waals surface area contributed by atoms with Gasteiger partial charge in [-0.3, -0.25) is 0 Å². The molecule has 0 unspecified atom stereocenters. The van der Waals surface area contributed by atoms with Crippen molar-refractivity contribution in [3.05, 3.63) is 65.7 Å². The SMILES string of the molecule is CCc1cccc(OC(=O)CNC(=O)NCc2ccccc2)c1. The number of benzene rings is 2. The number of amides is 2. The largest absolute Gasteiger partial charge is 0.425 e. The van der Waals surface area contributed by atoms with Gasteiger partial charge in [0.1, 0.15) is 12.3 Å². The summed E-state index contributed by atoms with van der Waals surface area (Å²) >= 11 is 0. The normalized spacial score (nSPS) is 9.96. The van der Waals surface area contributed by atoms with E-state index in [0.717, 1.165) is 17.5 Å². The van der Waals surface area contributed by atoms with Gasteiger partial charge in [-0.05, 0) is 29.7 Å². The van der Waals surface area contributed by atoms with Crippen molar-refractivity contribution in [3.8, 4) is 5.75 Å². The third-order valence-corrected chi connectivity index (χ3v) is 3.23. The van der Waals surface area contributed by atoms with Crippen LogP contribution >= 0.6 is 0 Å². The highest BCUT2D eigenvalue weighted by atomic mass is 16.5. The van der Waals surface area contributed by atoms with Crippen LogP contribution in [-0.2, 0) is 17.8 Å². The lowest BCUT2D eigenvalue weighted by Crippen LogP contribution is -2.39. The number of esters is 1. The Hall–Kier alpha value is -2.82. The van der Waals surface area contributed by atoms with E-state index in [4.69, 9.17) is 4.74 Å². The van der Waals surface area contributed by atoms with Gasteiger partial charge in [0.25, 0.3) is 0 Å². The minimum atomic E-state index is -0.506. The molecule has 0 heterocycles. The van der Waals surface area contributed by atoms with E-state index in [9.17, 15) is 9.59 Å². The molecule has 2 aromatic carbocycles. The Bertz CT molecular complexity index is 656. The van der Waals surface area contributed by atoms with Crippen LogP contribution in [0.1, 0.15) is 18.1 Å². The topological polar surface area (TPSA) is 67.4 Å². The number of rotatable bonds is 6. The highest BCUT2D eigenvalue weighted by Crippen LogP contribution is 2.13. The first-order chi connectivity index (χ1) is 11.2. The molecule has 2 rings (SSSR count). The maximum Gasteiger partial charge on any atom is 0.330 e. The molecular formula is C18H20N2O3. The molecular weight excluding hydrogens is 292 g/mol. The van der Waals surface area contributed by atoms with Gasteiger partial charge >= 0.3 is 12.0 Å². The first-order valence-electron chi connectivity index (χ1n) is 7.52. The zero-order valence-corrected chi connectivity index (χ0v) is 13.0. The van der Waals surface area contributed by atoms with Crippen LogP contribution in [0.5, 0.6) is 5.75 Å². The van der Waals surface area contributed by atoms with Gasteiger partial charge in [-0.2, -0.15) is 0 Å². The van der Waals surface area contributed by atoms with Crippen molar-refractivity contribution in [2.24, 2.45) is 0 Å². The Morgan fingerprint density at radius 2 is 1.70 bits per heavy atom. The lowest BCUT2D eigenvalue weighted by Gasteiger charge is -2.08. The minimum absolute atomic E-state index is 0.184. The number of urea groups is 1. The molecule has 5 heteroatoms. The van der Waals surface area contributed by atoms with Crippen molar-refractivity contribution in [2.75, 3.05) is 6.54 Å². The summed E-state index contributed by atoms with van der Waals surface area (Å²) in [4.78, 5) is 23.4. The monoisotopic (exact) mass is 312 g/mol. The van der Waals surface area contributed by atoms with Gasteiger partial charge in [-0.15, -0.1) is 0 Å². The molecule has 0 bridgehead atoms. The number of carbonyl (C=O) groups excluding carboxylic acids is 2. The average molecular weight is 312 g/mol. The van der Waals surface area contributed by atoms with Gasteiger partial charge in [-0.25, -0.2) is 9.59 Å². The smallest absolute Gasteiger partial charge is 0.330 e. The predicted molar refractivity (Wildman–Crippen MR) is 88.1 cm³/mol. The Morgan fingerprint density at radius 1 is 0.957 bits per heavy atom. The van der Waals surface area contributed by atoms with Gasteiger partial charge in [0.15, 0.2) is 0 Å². The van der Waals surface area contributed by atoms with Crippen LogP contribution in [0.4, 0.5) is 4.79 Å².